The summed E-state index contributed by atoms with van der Waals surface area (Å²) in [6.45, 7) is 2.90. The van der Waals surface area contributed by atoms with Gasteiger partial charge in [-0.15, -0.1) is 11.3 Å². The largest absolute Gasteiger partial charge is 0.378 e. The second kappa shape index (κ2) is 6.26. The molecule has 0 saturated carbocycles. The average Bonchev–Trinajstić information content (AvgIpc) is 3.07. The van der Waals surface area contributed by atoms with Gasteiger partial charge in [0.15, 0.2) is 5.15 Å². The third-order valence-electron chi connectivity index (χ3n) is 3.28. The Bertz CT molecular complexity index is 750. The number of nitrogens with zero attached hydrogens (tertiary/aromatic N) is 2. The first kappa shape index (κ1) is 14.7. The van der Waals surface area contributed by atoms with Gasteiger partial charge in [-0.1, -0.05) is 42.6 Å². The molecular formula is C15H15Cl2N3S. The Balaban J connectivity index is 1.98. The Hall–Kier alpha value is -1.23. The van der Waals surface area contributed by atoms with E-state index in [0.29, 0.717) is 10.3 Å². The number of aromatic nitrogens is 2. The summed E-state index contributed by atoms with van der Waals surface area (Å²) in [4.78, 5) is 1.27. The van der Waals surface area contributed by atoms with Crippen molar-refractivity contribution >= 4 is 45.7 Å². The van der Waals surface area contributed by atoms with Crippen molar-refractivity contribution < 1.29 is 0 Å². The zero-order valence-corrected chi connectivity index (χ0v) is 13.9. The van der Waals surface area contributed by atoms with Crippen LogP contribution in [0.25, 0.3) is 5.52 Å². The Morgan fingerprint density at radius 3 is 2.90 bits per heavy atom. The van der Waals surface area contributed by atoms with Crippen LogP contribution in [0.3, 0.4) is 0 Å². The van der Waals surface area contributed by atoms with E-state index in [1.165, 1.54) is 4.88 Å². The van der Waals surface area contributed by atoms with E-state index in [-0.39, 0.29) is 0 Å². The van der Waals surface area contributed by atoms with Gasteiger partial charge in [0.1, 0.15) is 5.15 Å². The van der Waals surface area contributed by atoms with Gasteiger partial charge in [-0.3, -0.25) is 0 Å². The molecule has 0 aliphatic heterocycles. The quantitative estimate of drug-likeness (QED) is 0.686. The molecule has 0 aliphatic carbocycles. The van der Waals surface area contributed by atoms with Crippen molar-refractivity contribution in [1.29, 1.82) is 0 Å². The van der Waals surface area contributed by atoms with Crippen molar-refractivity contribution in [2.24, 2.45) is 0 Å². The highest BCUT2D eigenvalue weighted by atomic mass is 35.5. The molecule has 0 spiro atoms. The summed E-state index contributed by atoms with van der Waals surface area (Å²) >= 11 is 14.2. The highest BCUT2D eigenvalue weighted by Crippen LogP contribution is 2.29. The summed E-state index contributed by atoms with van der Waals surface area (Å²) in [5.41, 5.74) is 3.02. The van der Waals surface area contributed by atoms with Gasteiger partial charge in [-0.25, -0.2) is 4.52 Å². The van der Waals surface area contributed by atoms with Crippen LogP contribution in [0.5, 0.6) is 0 Å². The molecule has 0 unspecified atom stereocenters. The van der Waals surface area contributed by atoms with Crippen molar-refractivity contribution in [1.82, 2.24) is 9.61 Å². The maximum Gasteiger partial charge on any atom is 0.152 e. The molecule has 0 atom stereocenters. The Morgan fingerprint density at radius 2 is 2.19 bits per heavy atom. The van der Waals surface area contributed by atoms with Crippen molar-refractivity contribution in [3.8, 4) is 0 Å². The van der Waals surface area contributed by atoms with Crippen molar-refractivity contribution in [2.75, 3.05) is 5.32 Å². The fourth-order valence-electron chi connectivity index (χ4n) is 2.32. The Kier molecular flexibility index (Phi) is 4.38. The number of halogens is 2. The number of thiophene rings is 1. The number of fused-ring (bicyclic) bond motifs is 1. The van der Waals surface area contributed by atoms with Crippen molar-refractivity contribution in [3.63, 3.8) is 0 Å². The minimum Gasteiger partial charge on any atom is -0.378 e. The summed E-state index contributed by atoms with van der Waals surface area (Å²) in [7, 11) is 0. The molecule has 3 heterocycles. The number of hydrogen-bond donors (Lipinski definition) is 1. The van der Waals surface area contributed by atoms with Crippen LogP contribution in [0.1, 0.15) is 23.8 Å². The molecule has 0 bridgehead atoms. The lowest BCUT2D eigenvalue weighted by Gasteiger charge is -2.08. The molecule has 3 aromatic heterocycles. The lowest BCUT2D eigenvalue weighted by atomic mass is 10.2. The van der Waals surface area contributed by atoms with E-state index in [4.69, 9.17) is 23.2 Å². The molecule has 0 aliphatic rings. The second-order valence-electron chi connectivity index (χ2n) is 4.82. The zero-order chi connectivity index (χ0) is 14.8. The first-order valence-corrected chi connectivity index (χ1v) is 8.45. The number of anilines is 1. The van der Waals surface area contributed by atoms with Crippen LogP contribution in [-0.2, 0) is 13.0 Å². The highest BCUT2D eigenvalue weighted by Gasteiger charge is 2.13. The van der Waals surface area contributed by atoms with Gasteiger partial charge < -0.3 is 5.32 Å². The van der Waals surface area contributed by atoms with Gasteiger partial charge in [0.05, 0.1) is 11.2 Å². The smallest absolute Gasteiger partial charge is 0.152 e. The molecule has 0 fully saturated rings. The van der Waals surface area contributed by atoms with Gasteiger partial charge >= 0.3 is 0 Å². The molecule has 3 nitrogen and oxygen atoms in total. The second-order valence-corrected chi connectivity index (χ2v) is 6.60. The first-order chi connectivity index (χ1) is 10.2. The van der Waals surface area contributed by atoms with Crippen molar-refractivity contribution in [3.05, 3.63) is 50.4 Å². The molecule has 3 rings (SSSR count). The molecular weight excluding hydrogens is 325 g/mol. The molecule has 110 valence electrons. The van der Waals surface area contributed by atoms with Gasteiger partial charge in [-0.2, -0.15) is 5.10 Å². The molecule has 0 amide bonds. The normalized spacial score (nSPS) is 11.2. The predicted octanol–water partition coefficient (Wildman–Crippen LogP) is 5.27. The molecule has 0 saturated heterocycles. The van der Waals surface area contributed by atoms with E-state index >= 15 is 0 Å². The molecule has 0 aromatic carbocycles. The van der Waals surface area contributed by atoms with E-state index in [1.54, 1.807) is 15.9 Å². The highest BCUT2D eigenvalue weighted by molar-refractivity contribution is 7.09. The third kappa shape index (κ3) is 3.03. The number of aryl methyl sites for hydroxylation is 1. The molecule has 6 heteroatoms. The van der Waals surface area contributed by atoms with E-state index in [1.807, 2.05) is 12.1 Å². The molecule has 3 aromatic rings. The Morgan fingerprint density at radius 1 is 1.33 bits per heavy atom. The van der Waals surface area contributed by atoms with Crippen LogP contribution in [0.4, 0.5) is 5.69 Å². The van der Waals surface area contributed by atoms with E-state index < -0.39 is 0 Å². The number of hydrogen-bond acceptors (Lipinski definition) is 3. The summed E-state index contributed by atoms with van der Waals surface area (Å²) in [5.74, 6) is 0. The molecule has 0 radical (unpaired) electrons. The summed E-state index contributed by atoms with van der Waals surface area (Å²) < 4.78 is 1.71. The maximum absolute atomic E-state index is 6.40. The van der Waals surface area contributed by atoms with Gasteiger partial charge in [0.2, 0.25) is 0 Å². The van der Waals surface area contributed by atoms with E-state index in [9.17, 15) is 0 Å². The maximum atomic E-state index is 6.40. The number of rotatable bonds is 5. The van der Waals surface area contributed by atoms with Crippen LogP contribution < -0.4 is 5.32 Å². The van der Waals surface area contributed by atoms with Crippen molar-refractivity contribution in [2.45, 2.75) is 26.3 Å². The fourth-order valence-corrected chi connectivity index (χ4v) is 3.42. The van der Waals surface area contributed by atoms with Crippen LogP contribution in [0.15, 0.2) is 29.6 Å². The average molecular weight is 340 g/mol. The summed E-state index contributed by atoms with van der Waals surface area (Å²) in [6.07, 6.45) is 1.98. The lowest BCUT2D eigenvalue weighted by Crippen LogP contribution is -2.01. The SMILES string of the molecule is CCCc1cc2c(NCc3cccs3)cc(Cl)nn2c1Cl. The van der Waals surface area contributed by atoms with Crippen LogP contribution in [0.2, 0.25) is 10.3 Å². The third-order valence-corrected chi connectivity index (χ3v) is 4.74. The van der Waals surface area contributed by atoms with Gasteiger partial charge in [0, 0.05) is 17.5 Å². The first-order valence-electron chi connectivity index (χ1n) is 6.82. The van der Waals surface area contributed by atoms with Crippen LogP contribution in [0, 0.1) is 0 Å². The van der Waals surface area contributed by atoms with E-state index in [2.05, 4.69) is 34.9 Å². The topological polar surface area (TPSA) is 29.3 Å². The molecule has 1 N–H and O–H groups in total. The van der Waals surface area contributed by atoms with Crippen LogP contribution >= 0.6 is 34.5 Å². The predicted molar refractivity (Wildman–Crippen MR) is 90.9 cm³/mol. The standard InChI is InChI=1S/C15H15Cl2N3S/c1-2-4-10-7-13-12(18-9-11-5-3-6-21-11)8-14(16)19-20(13)15(10)17/h3,5-8,18H,2,4,9H2,1H3. The minimum atomic E-state index is 0.428. The lowest BCUT2D eigenvalue weighted by molar-refractivity contribution is 0.897. The number of nitrogens with one attached hydrogen (secondary N) is 1. The fraction of sp³-hybridized carbons (Fsp3) is 0.267. The molecule has 21 heavy (non-hydrogen) atoms. The Labute approximate surface area is 137 Å². The van der Waals surface area contributed by atoms with E-state index in [0.717, 1.165) is 36.2 Å². The zero-order valence-electron chi connectivity index (χ0n) is 11.6. The van der Waals surface area contributed by atoms with Gasteiger partial charge in [-0.05, 0) is 29.5 Å². The van der Waals surface area contributed by atoms with Gasteiger partial charge in [0.25, 0.3) is 0 Å². The summed E-state index contributed by atoms with van der Waals surface area (Å²) in [5, 5.41) is 10.9. The van der Waals surface area contributed by atoms with Crippen LogP contribution in [-0.4, -0.2) is 9.61 Å². The minimum absolute atomic E-state index is 0.428. The summed E-state index contributed by atoms with van der Waals surface area (Å²) in [6, 6.07) is 8.08. The monoisotopic (exact) mass is 339 g/mol.